The Kier molecular flexibility index (Phi) is 4.88. The fraction of sp³-hybridized carbons (Fsp3) is 0.158. The molecule has 1 N–H and O–H groups in total. The van der Waals surface area contributed by atoms with Gasteiger partial charge in [-0.25, -0.2) is 9.38 Å². The number of nitrogens with one attached hydrogen (secondary N) is 1. The Morgan fingerprint density at radius 3 is 2.46 bits per heavy atom. The lowest BCUT2D eigenvalue weighted by Crippen LogP contribution is -2.24. The van der Waals surface area contributed by atoms with Gasteiger partial charge in [0.1, 0.15) is 17.3 Å². The minimum Gasteiger partial charge on any atom is -0.493 e. The van der Waals surface area contributed by atoms with Crippen molar-refractivity contribution in [2.24, 2.45) is 4.99 Å². The molecule has 0 aromatic heterocycles. The highest BCUT2D eigenvalue weighted by molar-refractivity contribution is 6.19. The molecule has 0 radical (unpaired) electrons. The Balaban J connectivity index is 2.03. The number of carbonyl (C=O) groups is 1. The minimum absolute atomic E-state index is 0.176. The van der Waals surface area contributed by atoms with Crippen LogP contribution in [0.1, 0.15) is 11.1 Å². The normalized spacial score (nSPS) is 14.8. The molecule has 0 bridgehead atoms. The molecular weight excluding hydrogens is 339 g/mol. The first-order chi connectivity index (χ1) is 12.6. The van der Waals surface area contributed by atoms with Crippen LogP contribution in [0.4, 0.5) is 4.39 Å². The summed E-state index contributed by atoms with van der Waals surface area (Å²) in [7, 11) is 4.52. The number of rotatable bonds is 5. The van der Waals surface area contributed by atoms with Crippen LogP contribution in [0.2, 0.25) is 0 Å². The van der Waals surface area contributed by atoms with Crippen molar-refractivity contribution in [2.45, 2.75) is 0 Å². The first-order valence-corrected chi connectivity index (χ1v) is 7.74. The van der Waals surface area contributed by atoms with E-state index in [4.69, 9.17) is 14.2 Å². The summed E-state index contributed by atoms with van der Waals surface area (Å²) in [6.07, 6.45) is 1.57. The van der Waals surface area contributed by atoms with Crippen LogP contribution < -0.4 is 19.5 Å². The Labute approximate surface area is 149 Å². The maximum atomic E-state index is 13.4. The van der Waals surface area contributed by atoms with Gasteiger partial charge in [0, 0.05) is 11.1 Å². The number of amides is 1. The van der Waals surface area contributed by atoms with Crippen molar-refractivity contribution < 1.29 is 23.4 Å². The van der Waals surface area contributed by atoms with Crippen LogP contribution >= 0.6 is 0 Å². The number of hydrogen-bond acceptors (Lipinski definition) is 5. The van der Waals surface area contributed by atoms with Gasteiger partial charge < -0.3 is 19.5 Å². The highest BCUT2D eigenvalue weighted by atomic mass is 19.1. The van der Waals surface area contributed by atoms with Crippen LogP contribution in [0.25, 0.3) is 6.08 Å². The molecule has 1 heterocycles. The molecule has 134 valence electrons. The number of ether oxygens (including phenoxy) is 3. The van der Waals surface area contributed by atoms with Crippen molar-refractivity contribution in [3.63, 3.8) is 0 Å². The van der Waals surface area contributed by atoms with Gasteiger partial charge in [0.05, 0.1) is 21.3 Å². The molecule has 0 atom stereocenters. The monoisotopic (exact) mass is 356 g/mol. The van der Waals surface area contributed by atoms with Crippen molar-refractivity contribution >= 4 is 17.8 Å². The summed E-state index contributed by atoms with van der Waals surface area (Å²) >= 11 is 0. The number of nitrogens with zero attached hydrogens (tertiary/aromatic N) is 1. The molecule has 0 unspecified atom stereocenters. The van der Waals surface area contributed by atoms with E-state index in [1.54, 1.807) is 30.3 Å². The van der Waals surface area contributed by atoms with Crippen molar-refractivity contribution in [3.8, 4) is 17.2 Å². The number of hydrogen-bond donors (Lipinski definition) is 1. The summed E-state index contributed by atoms with van der Waals surface area (Å²) < 4.78 is 29.4. The van der Waals surface area contributed by atoms with Gasteiger partial charge in [-0.05, 0) is 30.3 Å². The highest BCUT2D eigenvalue weighted by Gasteiger charge is 2.23. The van der Waals surface area contributed by atoms with Crippen LogP contribution in [0, 0.1) is 5.82 Å². The molecule has 1 aliphatic heterocycles. The summed E-state index contributed by atoms with van der Waals surface area (Å²) in [5.74, 6) is 0.838. The lowest BCUT2D eigenvalue weighted by molar-refractivity contribution is -0.115. The molecule has 0 saturated carbocycles. The van der Waals surface area contributed by atoms with Gasteiger partial charge in [-0.1, -0.05) is 12.1 Å². The average Bonchev–Trinajstić information content (AvgIpc) is 3.01. The second-order valence-electron chi connectivity index (χ2n) is 5.38. The molecule has 26 heavy (non-hydrogen) atoms. The van der Waals surface area contributed by atoms with Gasteiger partial charge in [0.2, 0.25) is 5.75 Å². The first kappa shape index (κ1) is 17.5. The fourth-order valence-corrected chi connectivity index (χ4v) is 2.63. The summed E-state index contributed by atoms with van der Waals surface area (Å²) in [6, 6.07) is 9.29. The molecule has 2 aromatic carbocycles. The second-order valence-corrected chi connectivity index (χ2v) is 5.38. The summed E-state index contributed by atoms with van der Waals surface area (Å²) in [4.78, 5) is 16.5. The molecule has 1 amide bonds. The Morgan fingerprint density at radius 2 is 1.81 bits per heavy atom. The van der Waals surface area contributed by atoms with E-state index in [-0.39, 0.29) is 11.6 Å². The van der Waals surface area contributed by atoms with Crippen LogP contribution in [-0.2, 0) is 4.79 Å². The van der Waals surface area contributed by atoms with E-state index in [2.05, 4.69) is 10.3 Å². The molecule has 7 heteroatoms. The third-order valence-electron chi connectivity index (χ3n) is 3.82. The standard InChI is InChI=1S/C19H17FN2O4/c1-24-15-8-7-11(16(25-2)17(15)26-3)10-14-19(23)22-18(21-14)12-5-4-6-13(20)9-12/h4-10H,1-3H3,(H,21,22,23)/b14-10+. The Hall–Kier alpha value is -3.35. The van der Waals surface area contributed by atoms with Gasteiger partial charge in [-0.2, -0.15) is 0 Å². The van der Waals surface area contributed by atoms with E-state index in [9.17, 15) is 9.18 Å². The van der Waals surface area contributed by atoms with Crippen LogP contribution in [-0.4, -0.2) is 33.1 Å². The zero-order chi connectivity index (χ0) is 18.7. The number of aliphatic imine (C=N–C) groups is 1. The topological polar surface area (TPSA) is 69.2 Å². The third kappa shape index (κ3) is 3.23. The number of methoxy groups -OCH3 is 3. The fourth-order valence-electron chi connectivity index (χ4n) is 2.63. The van der Waals surface area contributed by atoms with Crippen molar-refractivity contribution in [2.75, 3.05) is 21.3 Å². The molecular formula is C19H17FN2O4. The molecule has 0 saturated heterocycles. The molecule has 0 fully saturated rings. The maximum Gasteiger partial charge on any atom is 0.275 e. The number of benzene rings is 2. The Morgan fingerprint density at radius 1 is 1.04 bits per heavy atom. The minimum atomic E-state index is -0.404. The van der Waals surface area contributed by atoms with Gasteiger partial charge in [0.25, 0.3) is 5.91 Å². The van der Waals surface area contributed by atoms with Gasteiger partial charge in [-0.3, -0.25) is 4.79 Å². The predicted octanol–water partition coefficient (Wildman–Crippen LogP) is 2.77. The van der Waals surface area contributed by atoms with Crippen molar-refractivity contribution in [1.82, 2.24) is 5.32 Å². The van der Waals surface area contributed by atoms with E-state index in [0.29, 0.717) is 34.2 Å². The van der Waals surface area contributed by atoms with Crippen LogP contribution in [0.5, 0.6) is 17.2 Å². The second kappa shape index (κ2) is 7.26. The smallest absolute Gasteiger partial charge is 0.275 e. The average molecular weight is 356 g/mol. The molecule has 1 aliphatic rings. The summed E-state index contributed by atoms with van der Waals surface area (Å²) in [5, 5.41) is 2.64. The van der Waals surface area contributed by atoms with Crippen LogP contribution in [0.15, 0.2) is 47.1 Å². The first-order valence-electron chi connectivity index (χ1n) is 7.74. The van der Waals surface area contributed by atoms with Crippen LogP contribution in [0.3, 0.4) is 0 Å². The lowest BCUT2D eigenvalue weighted by Gasteiger charge is -2.14. The molecule has 0 aliphatic carbocycles. The molecule has 2 aromatic rings. The SMILES string of the molecule is COc1ccc(/C=C2/N=C(c3cccc(F)c3)NC2=O)c(OC)c1OC. The van der Waals surface area contributed by atoms with E-state index in [0.717, 1.165) is 0 Å². The number of amidine groups is 1. The van der Waals surface area contributed by atoms with Gasteiger partial charge in [-0.15, -0.1) is 0 Å². The largest absolute Gasteiger partial charge is 0.493 e. The van der Waals surface area contributed by atoms with E-state index < -0.39 is 5.82 Å². The van der Waals surface area contributed by atoms with E-state index >= 15 is 0 Å². The third-order valence-corrected chi connectivity index (χ3v) is 3.82. The van der Waals surface area contributed by atoms with Crippen molar-refractivity contribution in [3.05, 3.63) is 59.0 Å². The lowest BCUT2D eigenvalue weighted by atomic mass is 10.1. The summed E-state index contributed by atoms with van der Waals surface area (Å²) in [5.41, 5.74) is 1.26. The quantitative estimate of drug-likeness (QED) is 0.837. The van der Waals surface area contributed by atoms with Gasteiger partial charge in [0.15, 0.2) is 11.5 Å². The zero-order valence-corrected chi connectivity index (χ0v) is 14.5. The molecule has 6 nitrogen and oxygen atoms in total. The predicted molar refractivity (Wildman–Crippen MR) is 95.2 cm³/mol. The molecule has 3 rings (SSSR count). The molecule has 0 spiro atoms. The number of carbonyl (C=O) groups excluding carboxylic acids is 1. The Bertz CT molecular complexity index is 922. The maximum absolute atomic E-state index is 13.4. The van der Waals surface area contributed by atoms with E-state index in [1.807, 2.05) is 0 Å². The van der Waals surface area contributed by atoms with Gasteiger partial charge >= 0.3 is 0 Å². The van der Waals surface area contributed by atoms with E-state index in [1.165, 1.54) is 33.5 Å². The van der Waals surface area contributed by atoms with Crippen molar-refractivity contribution in [1.29, 1.82) is 0 Å². The highest BCUT2D eigenvalue weighted by Crippen LogP contribution is 2.40. The summed E-state index contributed by atoms with van der Waals surface area (Å²) in [6.45, 7) is 0. The zero-order valence-electron chi connectivity index (χ0n) is 14.5. The number of halogens is 1.